The molecule has 3 N–H and O–H groups in total. The molecule has 13 nitrogen and oxygen atoms in total. The maximum Gasteiger partial charge on any atom is 0.346 e. The predicted molar refractivity (Wildman–Crippen MR) is 190 cm³/mol. The van der Waals surface area contributed by atoms with E-state index in [1.165, 1.54) is 62.5 Å². The number of methoxy groups -OCH3 is 1. The zero-order chi connectivity index (χ0) is 39.9. The Morgan fingerprint density at radius 1 is 0.885 bits per heavy atom. The van der Waals surface area contributed by atoms with Crippen LogP contribution in [-0.2, 0) is 54.0 Å². The number of hydrogen-bond donors (Lipinski definition) is 3. The zero-order valence-corrected chi connectivity index (χ0v) is 33.0. The van der Waals surface area contributed by atoms with Gasteiger partial charge in [0.15, 0.2) is 5.79 Å². The minimum Gasteiger partial charge on any atom is -0.458 e. The van der Waals surface area contributed by atoms with Gasteiger partial charge in [0.1, 0.15) is 29.0 Å². The Kier molecular flexibility index (Phi) is 12.6. The van der Waals surface area contributed by atoms with Crippen molar-refractivity contribution in [2.75, 3.05) is 7.11 Å². The van der Waals surface area contributed by atoms with E-state index in [9.17, 15) is 29.7 Å². The van der Waals surface area contributed by atoms with Crippen LogP contribution in [0.3, 0.4) is 0 Å². The largest absolute Gasteiger partial charge is 0.458 e. The molecule has 294 valence electrons. The summed E-state index contributed by atoms with van der Waals surface area (Å²) in [5.74, 6) is -8.19. The molecule has 2 bridgehead atoms. The van der Waals surface area contributed by atoms with E-state index in [2.05, 4.69) is 6.58 Å². The zero-order valence-electron chi connectivity index (χ0n) is 33.0. The molecule has 0 radical (unpaired) electrons. The fourth-order valence-corrected chi connectivity index (χ4v) is 6.32. The van der Waals surface area contributed by atoms with Crippen molar-refractivity contribution in [1.82, 2.24) is 0 Å². The number of rotatable bonds is 13. The Morgan fingerprint density at radius 3 is 1.90 bits per heavy atom. The van der Waals surface area contributed by atoms with Gasteiger partial charge in [0.05, 0.1) is 6.10 Å². The van der Waals surface area contributed by atoms with Crippen molar-refractivity contribution in [2.24, 2.45) is 5.92 Å². The Labute approximate surface area is 307 Å². The van der Waals surface area contributed by atoms with Crippen molar-refractivity contribution in [1.29, 1.82) is 0 Å². The minimum atomic E-state index is -3.40. The van der Waals surface area contributed by atoms with Crippen molar-refractivity contribution >= 4 is 17.9 Å². The number of fused-ring (bicyclic) bond motifs is 2. The maximum atomic E-state index is 14.5. The topological polar surface area (TPSA) is 177 Å². The van der Waals surface area contributed by atoms with Gasteiger partial charge in [-0.15, -0.1) is 0 Å². The number of carbonyl (C=O) groups excluding carboxylic acids is 3. The molecule has 2 aliphatic heterocycles. The van der Waals surface area contributed by atoms with E-state index in [0.717, 1.165) is 5.56 Å². The summed E-state index contributed by atoms with van der Waals surface area (Å²) in [7, 11) is 1.35. The average Bonchev–Trinajstić information content (AvgIpc) is 3.20. The molecule has 0 spiro atoms. The highest BCUT2D eigenvalue weighted by Gasteiger charge is 2.86. The van der Waals surface area contributed by atoms with E-state index >= 15 is 0 Å². The number of carbonyl (C=O) groups is 3. The van der Waals surface area contributed by atoms with Crippen molar-refractivity contribution in [2.45, 2.75) is 166 Å². The van der Waals surface area contributed by atoms with Crippen molar-refractivity contribution < 1.29 is 62.9 Å². The van der Waals surface area contributed by atoms with Crippen molar-refractivity contribution in [3.05, 3.63) is 48.0 Å². The molecule has 2 aliphatic rings. The Balaban J connectivity index is 2.26. The molecule has 52 heavy (non-hydrogen) atoms. The van der Waals surface area contributed by atoms with Crippen LogP contribution in [0.4, 0.5) is 0 Å². The highest BCUT2D eigenvalue weighted by atomic mass is 16.8. The second-order valence-electron chi connectivity index (χ2n) is 17.3. The van der Waals surface area contributed by atoms with Crippen LogP contribution in [0.1, 0.15) is 101 Å². The summed E-state index contributed by atoms with van der Waals surface area (Å²) in [6.45, 7) is 22.9. The van der Waals surface area contributed by atoms with E-state index < -0.39 is 81.9 Å². The van der Waals surface area contributed by atoms with Gasteiger partial charge in [-0.1, -0.05) is 43.8 Å². The van der Waals surface area contributed by atoms with Crippen LogP contribution in [0.15, 0.2) is 42.5 Å². The third-order valence-corrected chi connectivity index (χ3v) is 8.82. The number of esters is 3. The highest BCUT2D eigenvalue weighted by molar-refractivity contribution is 5.99. The van der Waals surface area contributed by atoms with E-state index in [1.807, 2.05) is 37.3 Å². The summed E-state index contributed by atoms with van der Waals surface area (Å²) in [6, 6.07) is 9.62. The Hall–Kier alpha value is -2.91. The van der Waals surface area contributed by atoms with Crippen LogP contribution >= 0.6 is 0 Å². The van der Waals surface area contributed by atoms with Crippen LogP contribution in [-0.4, -0.2) is 104 Å². The van der Waals surface area contributed by atoms with Crippen LogP contribution in [0.5, 0.6) is 0 Å². The molecule has 1 aromatic rings. The molecule has 2 fully saturated rings. The molecular formula is C39H60O13. The Bertz CT molecular complexity index is 1450. The first-order valence-corrected chi connectivity index (χ1v) is 17.6. The molecule has 0 aliphatic carbocycles. The number of benzene rings is 1. The predicted octanol–water partition coefficient (Wildman–Crippen LogP) is 4.31. The lowest BCUT2D eigenvalue weighted by Crippen LogP contribution is -2.79. The third-order valence-electron chi connectivity index (χ3n) is 8.82. The van der Waals surface area contributed by atoms with E-state index in [-0.39, 0.29) is 18.8 Å². The lowest BCUT2D eigenvalue weighted by atomic mass is 9.74. The summed E-state index contributed by atoms with van der Waals surface area (Å²) in [5.41, 5.74) is -8.81. The summed E-state index contributed by atoms with van der Waals surface area (Å²) in [4.78, 5) is 43.0. The highest BCUT2D eigenvalue weighted by Crippen LogP contribution is 2.57. The first-order chi connectivity index (χ1) is 23.5. The molecule has 2 unspecified atom stereocenters. The second-order valence-corrected chi connectivity index (χ2v) is 17.3. The second kappa shape index (κ2) is 15.1. The fourth-order valence-electron chi connectivity index (χ4n) is 6.32. The van der Waals surface area contributed by atoms with Gasteiger partial charge in [-0.05, 0) is 106 Å². The smallest absolute Gasteiger partial charge is 0.346 e. The average molecular weight is 737 g/mol. The summed E-state index contributed by atoms with van der Waals surface area (Å²) in [5, 5.41) is 36.5. The van der Waals surface area contributed by atoms with E-state index in [1.54, 1.807) is 20.8 Å². The number of aliphatic hydroxyl groups excluding tert-OH is 2. The van der Waals surface area contributed by atoms with Crippen LogP contribution in [0.25, 0.3) is 0 Å². The normalized spacial score (nSPS) is 29.2. The lowest BCUT2D eigenvalue weighted by Gasteiger charge is -2.51. The maximum absolute atomic E-state index is 14.5. The van der Waals surface area contributed by atoms with Gasteiger partial charge in [-0.3, -0.25) is 0 Å². The van der Waals surface area contributed by atoms with E-state index in [4.69, 9.17) is 33.2 Å². The summed E-state index contributed by atoms with van der Waals surface area (Å²) in [6.07, 6.45) is -7.10. The molecule has 0 saturated carbocycles. The van der Waals surface area contributed by atoms with Gasteiger partial charge in [-0.25, -0.2) is 14.4 Å². The van der Waals surface area contributed by atoms with Crippen LogP contribution < -0.4 is 0 Å². The Morgan fingerprint density at radius 2 is 1.40 bits per heavy atom. The SMILES string of the molecule is C=C(CC[C@@]12O[C@H](C(=O)OC(C)(C)C)[C@@](O)(C(=O)OC(C)(C)C)[C@@](C(=O)OC(C)(C)C)(O1)[C@H](O)[C@H]2OC(C)(C)OC)C(O)C(C)Cc1ccccc1. The first-order valence-electron chi connectivity index (χ1n) is 17.6. The first kappa shape index (κ1) is 43.5. The summed E-state index contributed by atoms with van der Waals surface area (Å²) >= 11 is 0. The minimum absolute atomic E-state index is 0.0450. The third kappa shape index (κ3) is 9.23. The molecule has 8 atom stereocenters. The molecule has 13 heteroatoms. The fraction of sp³-hybridized carbons (Fsp3) is 0.718. The molecule has 2 saturated heterocycles. The number of aliphatic hydroxyl groups is 3. The molecule has 3 rings (SSSR count). The van der Waals surface area contributed by atoms with Gasteiger partial charge in [0.25, 0.3) is 0 Å². The quantitative estimate of drug-likeness (QED) is 0.113. The lowest BCUT2D eigenvalue weighted by molar-refractivity contribution is -0.387. The van der Waals surface area contributed by atoms with Gasteiger partial charge in [0.2, 0.25) is 23.1 Å². The van der Waals surface area contributed by atoms with Crippen LogP contribution in [0.2, 0.25) is 0 Å². The van der Waals surface area contributed by atoms with Crippen molar-refractivity contribution in [3.8, 4) is 0 Å². The van der Waals surface area contributed by atoms with Gasteiger partial charge in [0, 0.05) is 13.5 Å². The van der Waals surface area contributed by atoms with Gasteiger partial charge >= 0.3 is 17.9 Å². The molecule has 1 aromatic carbocycles. The van der Waals surface area contributed by atoms with Crippen LogP contribution in [0, 0.1) is 5.92 Å². The molecular weight excluding hydrogens is 676 g/mol. The molecule has 2 heterocycles. The summed E-state index contributed by atoms with van der Waals surface area (Å²) < 4.78 is 41.6. The molecule has 0 amide bonds. The van der Waals surface area contributed by atoms with Crippen molar-refractivity contribution in [3.63, 3.8) is 0 Å². The van der Waals surface area contributed by atoms with Gasteiger partial charge < -0.3 is 48.5 Å². The number of ether oxygens (including phenoxy) is 7. The molecule has 0 aromatic heterocycles. The van der Waals surface area contributed by atoms with Gasteiger partial charge in [-0.2, -0.15) is 0 Å². The monoisotopic (exact) mass is 736 g/mol. The van der Waals surface area contributed by atoms with E-state index in [0.29, 0.717) is 12.0 Å². The number of hydrogen-bond acceptors (Lipinski definition) is 13. The standard InChI is InChI=1S/C39H60O13/c1-23(26(40)24(2)22-25-18-16-15-17-19-25)20-21-37-28(47-36(12,13)46-14)27(41)39(52-37,32(44)51-35(9,10)11)38(45,31(43)50-34(6,7)8)29(48-37)30(42)49-33(3,4)5/h15-19,24,26-29,40-41,45H,1,20-22H2,2-14H3/t24?,26?,27-,28-,29-,37-,38-,39-/m1/s1.